The van der Waals surface area contributed by atoms with Crippen molar-refractivity contribution in [2.24, 2.45) is 0 Å². The summed E-state index contributed by atoms with van der Waals surface area (Å²) < 4.78 is 15.2. The number of aliphatic hydroxyl groups is 1. The lowest BCUT2D eigenvalue weighted by Crippen LogP contribution is -2.20. The molecular formula is C10H12O4. The zero-order valence-electron chi connectivity index (χ0n) is 7.90. The fourth-order valence-corrected chi connectivity index (χ4v) is 1.10. The Labute approximate surface area is 82.0 Å². The second kappa shape index (κ2) is 3.48. The molecule has 1 aromatic rings. The maximum atomic E-state index is 9.37. The number of epoxide rings is 1. The van der Waals surface area contributed by atoms with Crippen LogP contribution in [0.25, 0.3) is 0 Å². The largest absolute Gasteiger partial charge is 0.493 e. The Morgan fingerprint density at radius 1 is 1.43 bits per heavy atom. The van der Waals surface area contributed by atoms with Crippen LogP contribution in [0.2, 0.25) is 0 Å². The second-order valence-electron chi connectivity index (χ2n) is 3.17. The highest BCUT2D eigenvalue weighted by Crippen LogP contribution is 2.29. The topological polar surface area (TPSA) is 51.2 Å². The highest BCUT2D eigenvalue weighted by Gasteiger charge is 2.43. The Bertz CT molecular complexity index is 320. The number of methoxy groups -OCH3 is 1. The van der Waals surface area contributed by atoms with Gasteiger partial charge in [0.2, 0.25) is 5.79 Å². The third kappa shape index (κ3) is 1.97. The van der Waals surface area contributed by atoms with Crippen LogP contribution in [0.15, 0.2) is 24.3 Å². The van der Waals surface area contributed by atoms with Crippen molar-refractivity contribution in [3.05, 3.63) is 24.3 Å². The van der Waals surface area contributed by atoms with E-state index in [4.69, 9.17) is 14.2 Å². The zero-order valence-corrected chi connectivity index (χ0v) is 7.90. The molecule has 0 saturated carbocycles. The van der Waals surface area contributed by atoms with Gasteiger partial charge >= 0.3 is 0 Å². The number of benzene rings is 1. The van der Waals surface area contributed by atoms with Crippen molar-refractivity contribution in [3.8, 4) is 11.5 Å². The van der Waals surface area contributed by atoms with Gasteiger partial charge in [-0.1, -0.05) is 12.1 Å². The molecule has 0 bridgehead atoms. The Morgan fingerprint density at radius 3 is 2.64 bits per heavy atom. The van der Waals surface area contributed by atoms with E-state index in [0.717, 1.165) is 0 Å². The van der Waals surface area contributed by atoms with Crippen molar-refractivity contribution in [2.45, 2.75) is 5.79 Å². The molecule has 2 rings (SSSR count). The van der Waals surface area contributed by atoms with Crippen molar-refractivity contribution >= 4 is 0 Å². The molecule has 76 valence electrons. The van der Waals surface area contributed by atoms with Gasteiger partial charge in [-0.15, -0.1) is 0 Å². The van der Waals surface area contributed by atoms with Crippen LogP contribution in [0.3, 0.4) is 0 Å². The molecule has 1 N–H and O–H groups in total. The van der Waals surface area contributed by atoms with Crippen molar-refractivity contribution in [3.63, 3.8) is 0 Å². The summed E-state index contributed by atoms with van der Waals surface area (Å²) in [6.07, 6.45) is 0. The molecule has 1 aliphatic rings. The molecule has 4 nitrogen and oxygen atoms in total. The van der Waals surface area contributed by atoms with E-state index in [1.54, 1.807) is 19.2 Å². The van der Waals surface area contributed by atoms with Crippen LogP contribution in [0.1, 0.15) is 0 Å². The Hall–Kier alpha value is -1.26. The van der Waals surface area contributed by atoms with Crippen molar-refractivity contribution < 1.29 is 19.3 Å². The molecule has 14 heavy (non-hydrogen) atoms. The lowest BCUT2D eigenvalue weighted by molar-refractivity contribution is -0.00488. The molecule has 0 aromatic heterocycles. The number of hydrogen-bond donors (Lipinski definition) is 1. The summed E-state index contributed by atoms with van der Waals surface area (Å²) in [5.41, 5.74) is 0. The normalized spacial score (nSPS) is 24.4. The van der Waals surface area contributed by atoms with Crippen molar-refractivity contribution in [1.29, 1.82) is 0 Å². The highest BCUT2D eigenvalue weighted by molar-refractivity contribution is 5.39. The minimum atomic E-state index is -1.08. The van der Waals surface area contributed by atoms with Crippen molar-refractivity contribution in [2.75, 3.05) is 20.3 Å². The molecular weight excluding hydrogens is 184 g/mol. The standard InChI is InChI=1S/C10H12O4/c1-12-8-4-2-3-5-9(8)13-6-10(11)7-14-10/h2-5,11H,6-7H2,1H3. The first-order valence-corrected chi connectivity index (χ1v) is 4.36. The number of para-hydroxylation sites is 2. The third-order valence-electron chi connectivity index (χ3n) is 2.00. The molecule has 1 aliphatic heterocycles. The van der Waals surface area contributed by atoms with Crippen LogP contribution in [-0.4, -0.2) is 31.2 Å². The Balaban J connectivity index is 2.00. The fraction of sp³-hybridized carbons (Fsp3) is 0.400. The first-order chi connectivity index (χ1) is 6.73. The average molecular weight is 196 g/mol. The van der Waals surface area contributed by atoms with Gasteiger partial charge in [-0.25, -0.2) is 0 Å². The molecule has 0 spiro atoms. The second-order valence-corrected chi connectivity index (χ2v) is 3.17. The summed E-state index contributed by atoms with van der Waals surface area (Å²) in [6.45, 7) is 0.468. The summed E-state index contributed by atoms with van der Waals surface area (Å²) >= 11 is 0. The summed E-state index contributed by atoms with van der Waals surface area (Å²) in [4.78, 5) is 0. The minimum Gasteiger partial charge on any atom is -0.493 e. The van der Waals surface area contributed by atoms with E-state index in [1.165, 1.54) is 0 Å². The number of ether oxygens (including phenoxy) is 3. The van der Waals surface area contributed by atoms with E-state index < -0.39 is 5.79 Å². The lowest BCUT2D eigenvalue weighted by atomic mass is 10.3. The van der Waals surface area contributed by atoms with E-state index in [1.807, 2.05) is 12.1 Å². The molecule has 1 fully saturated rings. The molecule has 0 aliphatic carbocycles. The lowest BCUT2D eigenvalue weighted by Gasteiger charge is -2.11. The first-order valence-electron chi connectivity index (χ1n) is 4.36. The maximum absolute atomic E-state index is 9.37. The molecule has 0 amide bonds. The van der Waals surface area contributed by atoms with Crippen molar-refractivity contribution in [1.82, 2.24) is 0 Å². The number of rotatable bonds is 4. The van der Waals surface area contributed by atoms with Gasteiger partial charge in [0.1, 0.15) is 13.2 Å². The van der Waals surface area contributed by atoms with Gasteiger partial charge in [0.25, 0.3) is 0 Å². The van der Waals surface area contributed by atoms with Crippen LogP contribution < -0.4 is 9.47 Å². The molecule has 1 atom stereocenters. The van der Waals surface area contributed by atoms with Gasteiger partial charge in [-0.2, -0.15) is 0 Å². The summed E-state index contributed by atoms with van der Waals surface area (Å²) in [5, 5.41) is 9.37. The predicted molar refractivity (Wildman–Crippen MR) is 49.4 cm³/mol. The third-order valence-corrected chi connectivity index (χ3v) is 2.00. The van der Waals surface area contributed by atoms with Crippen LogP contribution >= 0.6 is 0 Å². The van der Waals surface area contributed by atoms with E-state index in [0.29, 0.717) is 18.1 Å². The highest BCUT2D eigenvalue weighted by atomic mass is 16.7. The summed E-state index contributed by atoms with van der Waals surface area (Å²) in [7, 11) is 1.57. The van der Waals surface area contributed by atoms with Crippen LogP contribution in [0.4, 0.5) is 0 Å². The van der Waals surface area contributed by atoms with Crippen LogP contribution in [-0.2, 0) is 4.74 Å². The van der Waals surface area contributed by atoms with Gasteiger partial charge in [0.05, 0.1) is 7.11 Å². The van der Waals surface area contributed by atoms with Crippen LogP contribution in [0.5, 0.6) is 11.5 Å². The zero-order chi connectivity index (χ0) is 10.0. The molecule has 1 unspecified atom stereocenters. The SMILES string of the molecule is COc1ccccc1OCC1(O)CO1. The molecule has 4 heteroatoms. The first kappa shape index (κ1) is 9.30. The van der Waals surface area contributed by atoms with Crippen LogP contribution in [0, 0.1) is 0 Å². The molecule has 1 heterocycles. The predicted octanol–water partition coefficient (Wildman–Crippen LogP) is 0.793. The monoisotopic (exact) mass is 196 g/mol. The summed E-state index contributed by atoms with van der Waals surface area (Å²) in [5.74, 6) is 0.177. The molecule has 1 aromatic carbocycles. The minimum absolute atomic E-state index is 0.132. The smallest absolute Gasteiger partial charge is 0.225 e. The van der Waals surface area contributed by atoms with E-state index in [2.05, 4.69) is 0 Å². The van der Waals surface area contributed by atoms with E-state index >= 15 is 0 Å². The van der Waals surface area contributed by atoms with Gasteiger partial charge in [0, 0.05) is 0 Å². The fourth-order valence-electron chi connectivity index (χ4n) is 1.10. The van der Waals surface area contributed by atoms with E-state index in [-0.39, 0.29) is 6.61 Å². The van der Waals surface area contributed by atoms with Gasteiger partial charge in [-0.05, 0) is 12.1 Å². The van der Waals surface area contributed by atoms with Gasteiger partial charge in [0.15, 0.2) is 11.5 Å². The van der Waals surface area contributed by atoms with E-state index in [9.17, 15) is 5.11 Å². The average Bonchev–Trinajstić information content (AvgIpc) is 2.95. The Kier molecular flexibility index (Phi) is 2.31. The van der Waals surface area contributed by atoms with Gasteiger partial charge in [-0.3, -0.25) is 0 Å². The number of hydrogen-bond acceptors (Lipinski definition) is 4. The molecule has 1 saturated heterocycles. The quantitative estimate of drug-likeness (QED) is 0.723. The molecule has 0 radical (unpaired) electrons. The van der Waals surface area contributed by atoms with Gasteiger partial charge < -0.3 is 19.3 Å². The summed E-state index contributed by atoms with van der Waals surface area (Å²) in [6, 6.07) is 7.28. The maximum Gasteiger partial charge on any atom is 0.225 e. The Morgan fingerprint density at radius 2 is 2.07 bits per heavy atom.